The number of fused-ring (bicyclic) bond motifs is 3. The van der Waals surface area contributed by atoms with Crippen LogP contribution in [0.5, 0.6) is 0 Å². The molecule has 3 rings (SSSR count). The van der Waals surface area contributed by atoms with Gasteiger partial charge in [-0.25, -0.2) is 0 Å². The molecule has 1 aliphatic heterocycles. The molecule has 1 saturated heterocycles. The highest BCUT2D eigenvalue weighted by molar-refractivity contribution is 5.75. The van der Waals surface area contributed by atoms with Crippen molar-refractivity contribution in [3.05, 3.63) is 11.1 Å². The van der Waals surface area contributed by atoms with Crippen molar-refractivity contribution in [2.45, 2.75) is 58.7 Å². The summed E-state index contributed by atoms with van der Waals surface area (Å²) >= 11 is 0. The average molecular weight is 264 g/mol. The van der Waals surface area contributed by atoms with E-state index < -0.39 is 0 Å². The Morgan fingerprint density at radius 3 is 2.68 bits per heavy atom. The molecular weight excluding hydrogens is 240 g/mol. The number of rotatable bonds is 1. The van der Waals surface area contributed by atoms with Crippen LogP contribution in [-0.4, -0.2) is 25.3 Å². The van der Waals surface area contributed by atoms with E-state index in [1.165, 1.54) is 17.6 Å². The normalized spacial score (nSPS) is 45.8. The van der Waals surface area contributed by atoms with Gasteiger partial charge in [0.25, 0.3) is 0 Å². The summed E-state index contributed by atoms with van der Waals surface area (Å²) in [5, 5.41) is 0. The maximum atomic E-state index is 11.9. The van der Waals surface area contributed by atoms with E-state index in [1.54, 1.807) is 7.11 Å². The fourth-order valence-electron chi connectivity index (χ4n) is 4.49. The summed E-state index contributed by atoms with van der Waals surface area (Å²) in [6, 6.07) is 0. The Kier molecular flexibility index (Phi) is 3.01. The molecule has 0 N–H and O–H groups in total. The quantitative estimate of drug-likeness (QED) is 0.539. The van der Waals surface area contributed by atoms with Gasteiger partial charge in [-0.3, -0.25) is 4.79 Å². The van der Waals surface area contributed by atoms with E-state index in [1.807, 2.05) is 6.92 Å². The van der Waals surface area contributed by atoms with Gasteiger partial charge < -0.3 is 9.47 Å². The summed E-state index contributed by atoms with van der Waals surface area (Å²) < 4.78 is 11.3. The lowest BCUT2D eigenvalue weighted by molar-refractivity contribution is -0.143. The van der Waals surface area contributed by atoms with E-state index in [2.05, 4.69) is 13.8 Å². The molecule has 1 saturated carbocycles. The maximum absolute atomic E-state index is 11.9. The lowest BCUT2D eigenvalue weighted by Gasteiger charge is -2.47. The third-order valence-electron chi connectivity index (χ3n) is 5.76. The molecule has 0 bridgehead atoms. The zero-order valence-corrected chi connectivity index (χ0v) is 12.4. The minimum Gasteiger partial charge on any atom is -0.457 e. The summed E-state index contributed by atoms with van der Waals surface area (Å²) in [5.74, 6) is 0.415. The summed E-state index contributed by atoms with van der Waals surface area (Å²) in [5.41, 5.74) is 2.90. The molecular formula is C16H24O3. The van der Waals surface area contributed by atoms with Crippen molar-refractivity contribution in [3.8, 4) is 0 Å². The smallest absolute Gasteiger partial charge is 0.309 e. The van der Waals surface area contributed by atoms with Crippen LogP contribution in [0.2, 0.25) is 0 Å². The maximum Gasteiger partial charge on any atom is 0.309 e. The van der Waals surface area contributed by atoms with E-state index in [-0.39, 0.29) is 29.5 Å². The zero-order valence-electron chi connectivity index (χ0n) is 12.4. The van der Waals surface area contributed by atoms with Gasteiger partial charge in [0.2, 0.25) is 0 Å². The molecule has 5 atom stereocenters. The summed E-state index contributed by atoms with van der Waals surface area (Å²) in [6.45, 7) is 6.52. The monoisotopic (exact) mass is 264 g/mol. The molecule has 0 spiro atoms. The Labute approximate surface area is 115 Å². The second-order valence-electron chi connectivity index (χ2n) is 6.77. The number of hydrogen-bond acceptors (Lipinski definition) is 3. The van der Waals surface area contributed by atoms with Crippen molar-refractivity contribution in [2.24, 2.45) is 17.3 Å². The highest BCUT2D eigenvalue weighted by atomic mass is 16.6. The highest BCUT2D eigenvalue weighted by Crippen LogP contribution is 2.55. The third kappa shape index (κ3) is 1.78. The minimum absolute atomic E-state index is 0.0131. The van der Waals surface area contributed by atoms with Crippen LogP contribution in [0.3, 0.4) is 0 Å². The van der Waals surface area contributed by atoms with E-state index >= 15 is 0 Å². The highest BCUT2D eigenvalue weighted by Gasteiger charge is 2.53. The topological polar surface area (TPSA) is 35.5 Å². The fraction of sp³-hybridized carbons (Fsp3) is 0.812. The van der Waals surface area contributed by atoms with Gasteiger partial charge in [-0.05, 0) is 49.2 Å². The molecule has 19 heavy (non-hydrogen) atoms. The van der Waals surface area contributed by atoms with Crippen molar-refractivity contribution in [1.29, 1.82) is 0 Å². The van der Waals surface area contributed by atoms with Crippen LogP contribution >= 0.6 is 0 Å². The van der Waals surface area contributed by atoms with Crippen molar-refractivity contribution in [3.63, 3.8) is 0 Å². The van der Waals surface area contributed by atoms with Gasteiger partial charge in [0, 0.05) is 13.0 Å². The number of hydrogen-bond donors (Lipinski definition) is 0. The van der Waals surface area contributed by atoms with Gasteiger partial charge in [-0.2, -0.15) is 0 Å². The molecule has 0 aromatic carbocycles. The number of esters is 1. The molecule has 3 nitrogen and oxygen atoms in total. The van der Waals surface area contributed by atoms with E-state index in [9.17, 15) is 4.79 Å². The SMILES string of the molecule is CO[C@H]1CC[C@]2(C)CC[C@H]3[C@H](C)C(=O)O[C@@H]3C2=C1C. The summed E-state index contributed by atoms with van der Waals surface area (Å²) in [6.07, 6.45) is 4.74. The van der Waals surface area contributed by atoms with Gasteiger partial charge in [0.15, 0.2) is 0 Å². The first-order valence-electron chi connectivity index (χ1n) is 7.42. The Bertz CT molecular complexity index is 439. The lowest BCUT2D eigenvalue weighted by atomic mass is 9.59. The summed E-state index contributed by atoms with van der Waals surface area (Å²) in [4.78, 5) is 11.9. The standard InChI is InChI=1S/C16H24O3/c1-9-11-5-7-16(3)8-6-12(18-4)10(2)13(16)14(11)19-15(9)17/h9,11-12,14H,5-8H2,1-4H3/t9-,11-,12-,14-,16-/m0/s1. The average Bonchev–Trinajstić information content (AvgIpc) is 2.65. The van der Waals surface area contributed by atoms with Crippen molar-refractivity contribution in [1.82, 2.24) is 0 Å². The molecule has 106 valence electrons. The first-order valence-corrected chi connectivity index (χ1v) is 7.42. The molecule has 0 amide bonds. The van der Waals surface area contributed by atoms with Gasteiger partial charge in [0.1, 0.15) is 6.10 Å². The Morgan fingerprint density at radius 1 is 1.32 bits per heavy atom. The van der Waals surface area contributed by atoms with Crippen molar-refractivity contribution < 1.29 is 14.3 Å². The zero-order chi connectivity index (χ0) is 13.8. The van der Waals surface area contributed by atoms with Crippen LogP contribution in [0, 0.1) is 17.3 Å². The fourth-order valence-corrected chi connectivity index (χ4v) is 4.49. The van der Waals surface area contributed by atoms with Crippen LogP contribution in [-0.2, 0) is 14.3 Å². The second-order valence-corrected chi connectivity index (χ2v) is 6.77. The van der Waals surface area contributed by atoms with Crippen LogP contribution in [0.25, 0.3) is 0 Å². The number of methoxy groups -OCH3 is 1. The van der Waals surface area contributed by atoms with E-state index in [0.29, 0.717) is 5.92 Å². The molecule has 0 aromatic rings. The van der Waals surface area contributed by atoms with Gasteiger partial charge in [0.05, 0.1) is 12.0 Å². The largest absolute Gasteiger partial charge is 0.457 e. The molecule has 2 aliphatic carbocycles. The molecule has 1 heterocycles. The predicted octanol–water partition coefficient (Wildman–Crippen LogP) is 3.09. The van der Waals surface area contributed by atoms with Crippen molar-refractivity contribution >= 4 is 5.97 Å². The molecule has 2 fully saturated rings. The first kappa shape index (κ1) is 13.2. The van der Waals surface area contributed by atoms with Gasteiger partial charge in [-0.1, -0.05) is 13.8 Å². The Morgan fingerprint density at radius 2 is 2.00 bits per heavy atom. The molecule has 0 unspecified atom stereocenters. The number of carbonyl (C=O) groups is 1. The number of ether oxygens (including phenoxy) is 2. The van der Waals surface area contributed by atoms with Crippen LogP contribution in [0.1, 0.15) is 46.5 Å². The van der Waals surface area contributed by atoms with Crippen LogP contribution in [0.15, 0.2) is 11.1 Å². The minimum atomic E-state index is -0.0147. The molecule has 3 aliphatic rings. The van der Waals surface area contributed by atoms with E-state index in [0.717, 1.165) is 19.3 Å². The van der Waals surface area contributed by atoms with Gasteiger partial charge >= 0.3 is 5.97 Å². The Hall–Kier alpha value is -0.830. The molecule has 3 heteroatoms. The first-order chi connectivity index (χ1) is 8.98. The third-order valence-corrected chi connectivity index (χ3v) is 5.76. The van der Waals surface area contributed by atoms with Crippen LogP contribution < -0.4 is 0 Å². The second kappa shape index (κ2) is 4.34. The van der Waals surface area contributed by atoms with Crippen molar-refractivity contribution in [2.75, 3.05) is 7.11 Å². The summed E-state index contributed by atoms with van der Waals surface area (Å²) in [7, 11) is 1.78. The van der Waals surface area contributed by atoms with E-state index in [4.69, 9.17) is 9.47 Å². The lowest BCUT2D eigenvalue weighted by Crippen LogP contribution is -2.43. The molecule has 0 radical (unpaired) electrons. The predicted molar refractivity (Wildman–Crippen MR) is 72.6 cm³/mol. The van der Waals surface area contributed by atoms with Crippen LogP contribution in [0.4, 0.5) is 0 Å². The van der Waals surface area contributed by atoms with Gasteiger partial charge in [-0.15, -0.1) is 0 Å². The Balaban J connectivity index is 2.04. The molecule has 0 aromatic heterocycles. The number of carbonyl (C=O) groups excluding carboxylic acids is 1.